The van der Waals surface area contributed by atoms with Crippen molar-refractivity contribution in [1.29, 1.82) is 0 Å². The molecule has 0 aliphatic heterocycles. The Morgan fingerprint density at radius 2 is 2.00 bits per heavy atom. The second-order valence-corrected chi connectivity index (χ2v) is 6.61. The largest absolute Gasteiger partial charge is 0.488 e. The first-order valence-corrected chi connectivity index (χ1v) is 8.30. The number of rotatable bonds is 3. The molecule has 2 aromatic carbocycles. The van der Waals surface area contributed by atoms with Gasteiger partial charge >= 0.3 is 15.4 Å². The molecule has 0 atom stereocenters. The summed E-state index contributed by atoms with van der Waals surface area (Å²) in [6.45, 7) is 0. The van der Waals surface area contributed by atoms with E-state index in [9.17, 15) is 17.1 Å². The number of benzene rings is 2. The molecule has 0 radical (unpaired) electrons. The van der Waals surface area contributed by atoms with E-state index in [4.69, 9.17) is 16.0 Å². The third-order valence-electron chi connectivity index (χ3n) is 2.74. The highest BCUT2D eigenvalue weighted by Gasteiger charge is 2.17. The van der Waals surface area contributed by atoms with Crippen LogP contribution in [0, 0.1) is 0 Å². The Hall–Kier alpha value is -1.90. The van der Waals surface area contributed by atoms with Crippen molar-refractivity contribution < 1.29 is 20.9 Å². The molecule has 0 saturated heterocycles. The summed E-state index contributed by atoms with van der Waals surface area (Å²) in [5.41, 5.74) is 1.19. The fraction of sp³-hybridized carbons (Fsp3) is 0. The molecule has 22 heavy (non-hydrogen) atoms. The molecule has 0 unspecified atom stereocenters. The summed E-state index contributed by atoms with van der Waals surface area (Å²) in [7, 11) is -5.18. The summed E-state index contributed by atoms with van der Waals surface area (Å²) in [6, 6.07) is 9.09. The van der Waals surface area contributed by atoms with Crippen LogP contribution in [-0.4, -0.2) is 8.42 Å². The molecule has 0 bridgehead atoms. The van der Waals surface area contributed by atoms with Gasteiger partial charge in [0, 0.05) is 16.7 Å². The quantitative estimate of drug-likeness (QED) is 0.665. The predicted octanol–water partition coefficient (Wildman–Crippen LogP) is 3.77. The van der Waals surface area contributed by atoms with Crippen molar-refractivity contribution in [3.8, 4) is 16.9 Å². The zero-order valence-corrected chi connectivity index (χ0v) is 13.0. The van der Waals surface area contributed by atoms with Gasteiger partial charge in [-0.2, -0.15) is 8.42 Å². The van der Waals surface area contributed by atoms with Crippen LogP contribution in [0.1, 0.15) is 0 Å². The molecule has 0 amide bonds. The molecular weight excluding hydrogens is 355 g/mol. The molecule has 0 N–H and O–H groups in total. The minimum Gasteiger partial charge on any atom is -0.413 e. The zero-order chi connectivity index (χ0) is 15.9. The summed E-state index contributed by atoms with van der Waals surface area (Å²) in [6.07, 6.45) is 0. The second-order valence-electron chi connectivity index (χ2n) is 4.24. The Balaban J connectivity index is 2.29. The van der Waals surface area contributed by atoms with Gasteiger partial charge < -0.3 is 8.60 Å². The first-order valence-electron chi connectivity index (χ1n) is 5.79. The molecule has 0 saturated carbocycles. The topological polar surface area (TPSA) is 73.6 Å². The number of fused-ring (bicyclic) bond motifs is 1. The average molecular weight is 361 g/mol. The lowest BCUT2D eigenvalue weighted by atomic mass is 10.0. The molecule has 0 aliphatic carbocycles. The molecule has 0 aliphatic rings. The summed E-state index contributed by atoms with van der Waals surface area (Å²) in [4.78, 5) is 10.9. The van der Waals surface area contributed by atoms with Gasteiger partial charge in [0.2, 0.25) is 0 Å². The molecule has 1 aromatic heterocycles. The van der Waals surface area contributed by atoms with Gasteiger partial charge in [0.25, 0.3) is 0 Å². The Morgan fingerprint density at radius 3 is 2.68 bits per heavy atom. The maximum Gasteiger partial charge on any atom is 0.488 e. The zero-order valence-electron chi connectivity index (χ0n) is 10.6. The summed E-state index contributed by atoms with van der Waals surface area (Å²) < 4.78 is 43.7. The summed E-state index contributed by atoms with van der Waals surface area (Å²) in [5.74, 6) is -0.262. The van der Waals surface area contributed by atoms with Crippen molar-refractivity contribution in [2.45, 2.75) is 0 Å². The van der Waals surface area contributed by atoms with Crippen LogP contribution >= 0.6 is 22.9 Å². The Kier molecular flexibility index (Phi) is 3.67. The van der Waals surface area contributed by atoms with Gasteiger partial charge in [-0.25, -0.2) is 4.79 Å². The average Bonchev–Trinajstić information content (AvgIpc) is 2.76. The van der Waals surface area contributed by atoms with Crippen molar-refractivity contribution in [2.75, 3.05) is 0 Å². The summed E-state index contributed by atoms with van der Waals surface area (Å²) in [5, 5.41) is 0.438. The van der Waals surface area contributed by atoms with E-state index in [2.05, 4.69) is 4.18 Å². The molecule has 114 valence electrons. The van der Waals surface area contributed by atoms with E-state index in [0.717, 1.165) is 11.3 Å². The van der Waals surface area contributed by atoms with Crippen molar-refractivity contribution in [3.05, 3.63) is 51.2 Å². The number of halogens is 2. The first kappa shape index (κ1) is 15.0. The Morgan fingerprint density at radius 1 is 1.23 bits per heavy atom. The molecule has 1 heterocycles. The molecule has 5 nitrogen and oxygen atoms in total. The van der Waals surface area contributed by atoms with Crippen molar-refractivity contribution in [3.63, 3.8) is 0 Å². The van der Waals surface area contributed by atoms with Crippen LogP contribution in [0.2, 0.25) is 5.02 Å². The van der Waals surface area contributed by atoms with Gasteiger partial charge in [0.15, 0.2) is 5.58 Å². The van der Waals surface area contributed by atoms with E-state index in [1.807, 2.05) is 0 Å². The van der Waals surface area contributed by atoms with Crippen LogP contribution in [-0.2, 0) is 10.5 Å². The molecule has 9 heteroatoms. The van der Waals surface area contributed by atoms with Crippen molar-refractivity contribution in [1.82, 2.24) is 0 Å². The minimum absolute atomic E-state index is 0.251. The fourth-order valence-electron chi connectivity index (χ4n) is 1.99. The Labute approximate surface area is 132 Å². The molecule has 0 fully saturated rings. The number of hydrogen-bond donors (Lipinski definition) is 0. The lowest BCUT2D eigenvalue weighted by molar-refractivity contribution is 0.440. The van der Waals surface area contributed by atoms with Crippen molar-refractivity contribution >= 4 is 43.7 Å². The normalized spacial score (nSPS) is 11.7. The van der Waals surface area contributed by atoms with E-state index in [1.54, 1.807) is 24.3 Å². The van der Waals surface area contributed by atoms with Crippen LogP contribution in [0.3, 0.4) is 0 Å². The van der Waals surface area contributed by atoms with Gasteiger partial charge in [0.05, 0.1) is 4.70 Å². The summed E-state index contributed by atoms with van der Waals surface area (Å²) >= 11 is 6.67. The maximum absolute atomic E-state index is 12.7. The molecule has 3 rings (SSSR count). The fourth-order valence-corrected chi connectivity index (χ4v) is 3.23. The molecule has 3 aromatic rings. The highest BCUT2D eigenvalue weighted by molar-refractivity contribution is 7.81. The third kappa shape index (κ3) is 3.13. The monoisotopic (exact) mass is 360 g/mol. The predicted molar refractivity (Wildman–Crippen MR) is 81.5 cm³/mol. The van der Waals surface area contributed by atoms with Gasteiger partial charge in [-0.1, -0.05) is 39.0 Å². The van der Waals surface area contributed by atoms with E-state index in [0.29, 0.717) is 20.8 Å². The van der Waals surface area contributed by atoms with Crippen LogP contribution in [0.4, 0.5) is 3.89 Å². The maximum atomic E-state index is 12.7. The second kappa shape index (κ2) is 5.38. The van der Waals surface area contributed by atoms with E-state index < -0.39 is 15.4 Å². The van der Waals surface area contributed by atoms with E-state index >= 15 is 0 Å². The lowest BCUT2D eigenvalue weighted by Crippen LogP contribution is -2.01. The van der Waals surface area contributed by atoms with Crippen LogP contribution in [0.5, 0.6) is 5.75 Å². The Bertz CT molecular complexity index is 1020. The first-order chi connectivity index (χ1) is 10.3. The minimum atomic E-state index is -5.18. The standard InChI is InChI=1S/C13H6ClFO5S2/c14-8-3-1-2-7(4-8)10-5-9(20-22(15,17)18)6-11-12(10)19-13(16)21-11/h1-6H. The third-order valence-corrected chi connectivity index (χ3v) is 4.14. The van der Waals surface area contributed by atoms with E-state index in [-0.39, 0.29) is 11.3 Å². The number of hydrogen-bond acceptors (Lipinski definition) is 6. The SMILES string of the molecule is O=c1oc2c(-c3cccc(Cl)c3)cc(OS(=O)(=O)F)cc2s1. The van der Waals surface area contributed by atoms with Gasteiger partial charge in [-0.15, -0.1) is 0 Å². The van der Waals surface area contributed by atoms with E-state index in [1.165, 1.54) is 12.1 Å². The van der Waals surface area contributed by atoms with Crippen molar-refractivity contribution in [2.24, 2.45) is 0 Å². The lowest BCUT2D eigenvalue weighted by Gasteiger charge is -2.06. The molecular formula is C13H6ClFO5S2. The van der Waals surface area contributed by atoms with Crippen LogP contribution < -0.4 is 9.12 Å². The van der Waals surface area contributed by atoms with Crippen LogP contribution in [0.25, 0.3) is 21.4 Å². The smallest absolute Gasteiger partial charge is 0.413 e. The van der Waals surface area contributed by atoms with Gasteiger partial charge in [-0.3, -0.25) is 0 Å². The highest BCUT2D eigenvalue weighted by Crippen LogP contribution is 2.35. The molecule has 0 spiro atoms. The van der Waals surface area contributed by atoms with Gasteiger partial charge in [0.1, 0.15) is 5.75 Å². The highest BCUT2D eigenvalue weighted by atomic mass is 35.5. The van der Waals surface area contributed by atoms with Gasteiger partial charge in [-0.05, 0) is 23.8 Å². The van der Waals surface area contributed by atoms with Crippen LogP contribution in [0.15, 0.2) is 45.6 Å².